The van der Waals surface area contributed by atoms with E-state index in [1.165, 1.54) is 7.11 Å². The van der Waals surface area contributed by atoms with Crippen molar-refractivity contribution in [3.63, 3.8) is 0 Å². The number of nitriles is 1. The summed E-state index contributed by atoms with van der Waals surface area (Å²) < 4.78 is 10.1. The average Bonchev–Trinajstić information content (AvgIpc) is 2.70. The van der Waals surface area contributed by atoms with Gasteiger partial charge in [0.2, 0.25) is 0 Å². The summed E-state index contributed by atoms with van der Waals surface area (Å²) in [4.78, 5) is 5.03. The fourth-order valence-corrected chi connectivity index (χ4v) is 1.01. The molecule has 0 bridgehead atoms. The van der Waals surface area contributed by atoms with Crippen LogP contribution in [0, 0.1) is 18.3 Å². The fraction of sp³-hybridized carbons (Fsp3) is 0.545. The molecule has 1 rings (SSSR count). The topological polar surface area (TPSA) is 80.6 Å². The molecule has 0 fully saturated rings. The van der Waals surface area contributed by atoms with E-state index < -0.39 is 5.60 Å². The van der Waals surface area contributed by atoms with Gasteiger partial charge in [-0.2, -0.15) is 5.26 Å². The molecule has 0 spiro atoms. The normalized spacial score (nSPS) is 12.3. The van der Waals surface area contributed by atoms with Crippen LogP contribution in [0.4, 0.5) is 0 Å². The van der Waals surface area contributed by atoms with Gasteiger partial charge in [-0.25, -0.2) is 0 Å². The lowest BCUT2D eigenvalue weighted by Gasteiger charge is -2.19. The van der Waals surface area contributed by atoms with E-state index in [1.807, 2.05) is 13.0 Å². The molecule has 0 N–H and O–H groups in total. The number of methoxy groups -OCH3 is 1. The molecule has 1 aromatic heterocycles. The van der Waals surface area contributed by atoms with Crippen molar-refractivity contribution >= 4 is 5.71 Å². The van der Waals surface area contributed by atoms with E-state index in [4.69, 9.17) is 19.4 Å². The van der Waals surface area contributed by atoms with E-state index in [2.05, 4.69) is 10.3 Å². The van der Waals surface area contributed by atoms with Crippen LogP contribution in [0.3, 0.4) is 0 Å². The summed E-state index contributed by atoms with van der Waals surface area (Å²) in [5, 5.41) is 16.4. The van der Waals surface area contributed by atoms with Crippen molar-refractivity contribution in [2.24, 2.45) is 5.16 Å². The zero-order valence-electron chi connectivity index (χ0n) is 10.4. The van der Waals surface area contributed by atoms with Gasteiger partial charge in [0.15, 0.2) is 18.1 Å². The predicted octanol–water partition coefficient (Wildman–Crippen LogP) is 1.80. The summed E-state index contributed by atoms with van der Waals surface area (Å²) in [5.41, 5.74) is 0.160. The Hall–Kier alpha value is -1.87. The van der Waals surface area contributed by atoms with Gasteiger partial charge in [-0.05, 0) is 20.8 Å². The maximum absolute atomic E-state index is 8.92. The number of rotatable bonds is 5. The third-order valence-corrected chi connectivity index (χ3v) is 2.23. The number of nitrogens with zero attached hydrogens (tertiary/aromatic N) is 3. The van der Waals surface area contributed by atoms with Gasteiger partial charge in [0, 0.05) is 13.2 Å². The molecule has 6 heteroatoms. The van der Waals surface area contributed by atoms with Crippen molar-refractivity contribution in [2.45, 2.75) is 33.0 Å². The first-order valence-electron chi connectivity index (χ1n) is 5.07. The minimum absolute atomic E-state index is 0.131. The Morgan fingerprint density at radius 2 is 2.35 bits per heavy atom. The van der Waals surface area contributed by atoms with Crippen LogP contribution in [0.2, 0.25) is 0 Å². The number of hydrogen-bond donors (Lipinski definition) is 0. The molecule has 0 aliphatic heterocycles. The summed E-state index contributed by atoms with van der Waals surface area (Å²) in [6.45, 7) is 5.41. The first-order chi connectivity index (χ1) is 7.99. The molecule has 1 heterocycles. The van der Waals surface area contributed by atoms with Crippen LogP contribution in [0.5, 0.6) is 0 Å². The molecule has 0 aromatic carbocycles. The van der Waals surface area contributed by atoms with Crippen LogP contribution in [0.15, 0.2) is 15.7 Å². The highest BCUT2D eigenvalue weighted by Crippen LogP contribution is 2.11. The molecule has 0 aliphatic carbocycles. The minimum atomic E-state index is -0.772. The Morgan fingerprint density at radius 3 is 2.82 bits per heavy atom. The maximum Gasteiger partial charge on any atom is 0.188 e. The molecule has 0 saturated heterocycles. The van der Waals surface area contributed by atoms with E-state index in [9.17, 15) is 0 Å². The van der Waals surface area contributed by atoms with E-state index in [0.717, 1.165) is 5.69 Å². The van der Waals surface area contributed by atoms with Crippen LogP contribution >= 0.6 is 0 Å². The van der Waals surface area contributed by atoms with E-state index in [-0.39, 0.29) is 12.3 Å². The molecule has 0 saturated carbocycles. The summed E-state index contributed by atoms with van der Waals surface area (Å²) in [7, 11) is 1.51. The van der Waals surface area contributed by atoms with Crippen LogP contribution in [-0.4, -0.2) is 23.6 Å². The Labute approximate surface area is 99.8 Å². The molecule has 6 nitrogen and oxygen atoms in total. The molecule has 17 heavy (non-hydrogen) atoms. The Bertz CT molecular complexity index is 443. The summed E-state index contributed by atoms with van der Waals surface area (Å²) >= 11 is 0. The Kier molecular flexibility index (Phi) is 4.24. The van der Waals surface area contributed by atoms with Gasteiger partial charge in [0.25, 0.3) is 0 Å². The molecule has 92 valence electrons. The molecule has 0 unspecified atom stereocenters. The number of oxime groups is 1. The van der Waals surface area contributed by atoms with Crippen LogP contribution in [0.1, 0.15) is 25.3 Å². The van der Waals surface area contributed by atoms with Crippen LogP contribution < -0.4 is 0 Å². The third kappa shape index (κ3) is 3.57. The van der Waals surface area contributed by atoms with E-state index in [0.29, 0.717) is 5.76 Å². The lowest BCUT2D eigenvalue weighted by molar-refractivity contribution is 0.0687. The Morgan fingerprint density at radius 1 is 1.65 bits per heavy atom. The van der Waals surface area contributed by atoms with Gasteiger partial charge in [-0.1, -0.05) is 10.3 Å². The second-order valence-corrected chi connectivity index (χ2v) is 3.97. The molecule has 1 aromatic rings. The lowest BCUT2D eigenvalue weighted by Crippen LogP contribution is -2.33. The van der Waals surface area contributed by atoms with Gasteiger partial charge in [-0.15, -0.1) is 0 Å². The monoisotopic (exact) mass is 237 g/mol. The predicted molar refractivity (Wildman–Crippen MR) is 60.2 cm³/mol. The first-order valence-corrected chi connectivity index (χ1v) is 5.07. The zero-order valence-corrected chi connectivity index (χ0v) is 10.4. The van der Waals surface area contributed by atoms with Gasteiger partial charge in [-0.3, -0.25) is 0 Å². The second kappa shape index (κ2) is 5.46. The van der Waals surface area contributed by atoms with Gasteiger partial charge < -0.3 is 14.1 Å². The van der Waals surface area contributed by atoms with E-state index in [1.54, 1.807) is 19.9 Å². The van der Waals surface area contributed by atoms with Crippen molar-refractivity contribution in [3.05, 3.63) is 17.5 Å². The van der Waals surface area contributed by atoms with Gasteiger partial charge in [0.1, 0.15) is 11.7 Å². The number of hydrogen-bond acceptors (Lipinski definition) is 6. The minimum Gasteiger partial charge on any atom is -0.387 e. The van der Waals surface area contributed by atoms with E-state index >= 15 is 0 Å². The van der Waals surface area contributed by atoms with Crippen molar-refractivity contribution in [3.8, 4) is 6.07 Å². The largest absolute Gasteiger partial charge is 0.387 e. The zero-order chi connectivity index (χ0) is 12.9. The highest BCUT2D eigenvalue weighted by Gasteiger charge is 2.25. The smallest absolute Gasteiger partial charge is 0.188 e. The highest BCUT2D eigenvalue weighted by molar-refractivity contribution is 6.04. The molecular formula is C11H15N3O3. The van der Waals surface area contributed by atoms with Crippen molar-refractivity contribution in [1.82, 2.24) is 5.16 Å². The average molecular weight is 237 g/mol. The lowest BCUT2D eigenvalue weighted by atomic mass is 10.0. The molecule has 0 aliphatic rings. The van der Waals surface area contributed by atoms with Gasteiger partial charge >= 0.3 is 0 Å². The van der Waals surface area contributed by atoms with Crippen LogP contribution in [0.25, 0.3) is 0 Å². The molecule has 0 radical (unpaired) electrons. The summed E-state index contributed by atoms with van der Waals surface area (Å²) in [5.74, 6) is 0.554. The van der Waals surface area contributed by atoms with Crippen molar-refractivity contribution in [2.75, 3.05) is 7.11 Å². The number of aryl methyl sites for hydroxylation is 1. The quantitative estimate of drug-likeness (QED) is 0.576. The third-order valence-electron chi connectivity index (χ3n) is 2.23. The maximum atomic E-state index is 8.92. The SMILES string of the molecule is COC(C)(C)C(C#N)=NOCc1cc(C)no1. The standard InChI is InChI=1S/C11H15N3O3/c1-8-5-9(17-13-8)7-16-14-10(6-12)11(2,3)15-4/h5H,7H2,1-4H3. The first kappa shape index (κ1) is 13.2. The molecular weight excluding hydrogens is 222 g/mol. The fourth-order valence-electron chi connectivity index (χ4n) is 1.01. The van der Waals surface area contributed by atoms with Gasteiger partial charge in [0.05, 0.1) is 5.69 Å². The summed E-state index contributed by atoms with van der Waals surface area (Å²) in [6, 6.07) is 3.68. The van der Waals surface area contributed by atoms with Crippen LogP contribution in [-0.2, 0) is 16.2 Å². The van der Waals surface area contributed by atoms with Crippen molar-refractivity contribution in [1.29, 1.82) is 5.26 Å². The number of aromatic nitrogens is 1. The molecule has 0 amide bonds. The second-order valence-electron chi connectivity index (χ2n) is 3.97. The highest BCUT2D eigenvalue weighted by atomic mass is 16.6. The van der Waals surface area contributed by atoms with Crippen molar-refractivity contribution < 1.29 is 14.1 Å². The summed E-state index contributed by atoms with van der Waals surface area (Å²) in [6.07, 6.45) is 0. The Balaban J connectivity index is 2.61. The molecule has 0 atom stereocenters. The number of ether oxygens (including phenoxy) is 1.